The molecule has 0 fully saturated rings. The first-order chi connectivity index (χ1) is 12.7. The van der Waals surface area contributed by atoms with Crippen molar-refractivity contribution in [3.63, 3.8) is 0 Å². The minimum atomic E-state index is 0.605. The lowest BCUT2D eigenvalue weighted by Crippen LogP contribution is -2.33. The van der Waals surface area contributed by atoms with Crippen LogP contribution in [0.25, 0.3) is 11.8 Å². The third kappa shape index (κ3) is 3.30. The van der Waals surface area contributed by atoms with Crippen molar-refractivity contribution in [2.75, 3.05) is 4.90 Å². The van der Waals surface area contributed by atoms with Crippen LogP contribution in [0.2, 0.25) is 0 Å². The number of aryl methyl sites for hydroxylation is 1. The first-order valence-electron chi connectivity index (χ1n) is 9.43. The molecule has 0 saturated heterocycles. The number of fused-ring (bicyclic) bond motifs is 1. The minimum absolute atomic E-state index is 0.605. The molecule has 1 atom stereocenters. The third-order valence-electron chi connectivity index (χ3n) is 5.07. The van der Waals surface area contributed by atoms with E-state index in [2.05, 4.69) is 104 Å². The molecule has 1 heteroatoms. The monoisotopic (exact) mass is 339 g/mol. The van der Waals surface area contributed by atoms with Gasteiger partial charge in [0.15, 0.2) is 0 Å². The Labute approximate surface area is 156 Å². The topological polar surface area (TPSA) is 3.24 Å². The third-order valence-corrected chi connectivity index (χ3v) is 5.07. The number of anilines is 1. The van der Waals surface area contributed by atoms with Gasteiger partial charge in [0, 0.05) is 16.6 Å². The second-order valence-corrected chi connectivity index (χ2v) is 7.19. The molecule has 0 radical (unpaired) electrons. The predicted molar refractivity (Wildman–Crippen MR) is 112 cm³/mol. The van der Waals surface area contributed by atoms with Gasteiger partial charge in [0.05, 0.1) is 5.70 Å². The fraction of sp³-hybridized carbons (Fsp3) is 0.200. The molecule has 130 valence electrons. The summed E-state index contributed by atoms with van der Waals surface area (Å²) >= 11 is 0. The molecule has 2 aromatic rings. The second kappa shape index (κ2) is 7.21. The Bertz CT molecular complexity index is 1000. The minimum Gasteiger partial charge on any atom is -0.310 e. The van der Waals surface area contributed by atoms with Gasteiger partial charge in [-0.25, -0.2) is 0 Å². The number of hydrogen-bond acceptors (Lipinski definition) is 1. The Morgan fingerprint density at radius 3 is 2.50 bits per heavy atom. The van der Waals surface area contributed by atoms with Crippen LogP contribution >= 0.6 is 0 Å². The first kappa shape index (κ1) is 16.7. The van der Waals surface area contributed by atoms with Gasteiger partial charge in [-0.05, 0) is 55.2 Å². The average molecular weight is 339 g/mol. The molecule has 0 aromatic heterocycles. The van der Waals surface area contributed by atoms with E-state index in [0.29, 0.717) is 5.92 Å². The van der Waals surface area contributed by atoms with Crippen LogP contribution in [-0.2, 0) is 0 Å². The number of benzene rings is 2. The highest BCUT2D eigenvalue weighted by molar-refractivity contribution is 5.80. The van der Waals surface area contributed by atoms with E-state index in [0.717, 1.165) is 12.8 Å². The van der Waals surface area contributed by atoms with Crippen LogP contribution in [0.15, 0.2) is 84.6 Å². The molecule has 2 aromatic carbocycles. The number of hydrogen-bond donors (Lipinski definition) is 0. The van der Waals surface area contributed by atoms with Crippen molar-refractivity contribution in [3.05, 3.63) is 101 Å². The summed E-state index contributed by atoms with van der Waals surface area (Å²) in [5.74, 6) is 0.605. The normalized spacial score (nSPS) is 18.6. The highest BCUT2D eigenvalue weighted by atomic mass is 15.2. The largest absolute Gasteiger partial charge is 0.310 e. The van der Waals surface area contributed by atoms with E-state index < -0.39 is 0 Å². The Morgan fingerprint density at radius 1 is 0.923 bits per heavy atom. The summed E-state index contributed by atoms with van der Waals surface area (Å²) in [5.41, 5.74) is 4.98. The molecule has 0 aliphatic heterocycles. The molecule has 0 spiro atoms. The van der Waals surface area contributed by atoms with Gasteiger partial charge >= 0.3 is 0 Å². The Morgan fingerprint density at radius 2 is 1.73 bits per heavy atom. The zero-order chi connectivity index (χ0) is 17.9. The van der Waals surface area contributed by atoms with E-state index >= 15 is 0 Å². The van der Waals surface area contributed by atoms with E-state index in [4.69, 9.17) is 0 Å². The van der Waals surface area contributed by atoms with Crippen molar-refractivity contribution >= 4 is 17.5 Å². The molecule has 0 unspecified atom stereocenters. The molecule has 2 aliphatic rings. The number of allylic oxidation sites excluding steroid dienone is 4. The molecule has 0 saturated carbocycles. The van der Waals surface area contributed by atoms with Crippen LogP contribution in [0, 0.1) is 12.8 Å². The van der Waals surface area contributed by atoms with Crippen LogP contribution in [0.3, 0.4) is 0 Å². The van der Waals surface area contributed by atoms with Crippen LogP contribution in [-0.4, -0.2) is 0 Å². The maximum Gasteiger partial charge on any atom is 0.0536 e. The summed E-state index contributed by atoms with van der Waals surface area (Å²) < 4.78 is 0. The Hall–Kier alpha value is -2.80. The lowest BCUT2D eigenvalue weighted by Gasteiger charge is -2.29. The maximum absolute atomic E-state index is 2.40. The maximum atomic E-state index is 2.40. The number of rotatable bonds is 3. The van der Waals surface area contributed by atoms with Gasteiger partial charge < -0.3 is 4.90 Å². The van der Waals surface area contributed by atoms with Gasteiger partial charge in [-0.2, -0.15) is 0 Å². The first-order valence-corrected chi connectivity index (χ1v) is 9.43. The van der Waals surface area contributed by atoms with Crippen LogP contribution in [0.5, 0.6) is 0 Å². The molecular weight excluding hydrogens is 314 g/mol. The van der Waals surface area contributed by atoms with Crippen molar-refractivity contribution in [1.82, 2.24) is 0 Å². The van der Waals surface area contributed by atoms with Gasteiger partial charge in [0.25, 0.3) is 0 Å². The van der Waals surface area contributed by atoms with Gasteiger partial charge in [-0.1, -0.05) is 73.2 Å². The fourth-order valence-corrected chi connectivity index (χ4v) is 3.57. The molecule has 2 aliphatic carbocycles. The molecule has 0 N–H and O–H groups in total. The zero-order valence-corrected chi connectivity index (χ0v) is 15.5. The number of nitrogens with zero attached hydrogens (tertiary/aromatic N) is 1. The quantitative estimate of drug-likeness (QED) is 0.774. The van der Waals surface area contributed by atoms with E-state index in [-0.39, 0.29) is 0 Å². The highest BCUT2D eigenvalue weighted by Crippen LogP contribution is 2.29. The van der Waals surface area contributed by atoms with E-state index in [9.17, 15) is 0 Å². The van der Waals surface area contributed by atoms with Crippen molar-refractivity contribution < 1.29 is 0 Å². The molecule has 0 heterocycles. The summed E-state index contributed by atoms with van der Waals surface area (Å²) in [6.07, 6.45) is 15.8. The average Bonchev–Trinajstić information content (AvgIpc) is 2.88. The molecule has 26 heavy (non-hydrogen) atoms. The lowest BCUT2D eigenvalue weighted by molar-refractivity contribution is 0.728. The fourth-order valence-electron chi connectivity index (χ4n) is 3.57. The lowest BCUT2D eigenvalue weighted by atomic mass is 10.00. The van der Waals surface area contributed by atoms with Crippen LogP contribution in [0.4, 0.5) is 5.69 Å². The van der Waals surface area contributed by atoms with Crippen molar-refractivity contribution in [2.24, 2.45) is 5.92 Å². The standard InChI is InChI=1S/C25H25N/c1-19-11-15-22(16-12-19)26(23-17-13-20(2)14-18-23)25-10-6-4-8-21-7-3-5-9-24(21)25/h3,5-13,15-18,20H,4,14H2,1-2H3/t20-/m1/s1. The molecule has 1 nitrogen and oxygen atoms in total. The van der Waals surface area contributed by atoms with E-state index in [1.54, 1.807) is 0 Å². The summed E-state index contributed by atoms with van der Waals surface area (Å²) in [6, 6.07) is 17.5. The predicted octanol–water partition coefficient (Wildman–Crippen LogP) is 4.83. The smallest absolute Gasteiger partial charge is 0.0536 e. The highest BCUT2D eigenvalue weighted by Gasteiger charge is 2.17. The summed E-state index contributed by atoms with van der Waals surface area (Å²) in [4.78, 5) is 2.40. The Kier molecular flexibility index (Phi) is 4.62. The summed E-state index contributed by atoms with van der Waals surface area (Å²) in [7, 11) is 0. The van der Waals surface area contributed by atoms with Crippen molar-refractivity contribution in [3.8, 4) is 0 Å². The molecule has 0 amide bonds. The SMILES string of the molecule is Cc1ccc(N(C2=CC[C@H](C)C=C2)C2=c3ccccc3=CCC=C2)cc1. The summed E-state index contributed by atoms with van der Waals surface area (Å²) in [5, 5.41) is 2.59. The van der Waals surface area contributed by atoms with Crippen molar-refractivity contribution in [1.29, 1.82) is 0 Å². The Balaban J connectivity index is 1.95. The van der Waals surface area contributed by atoms with Crippen LogP contribution < -0.4 is 15.3 Å². The van der Waals surface area contributed by atoms with Gasteiger partial charge in [0.2, 0.25) is 0 Å². The van der Waals surface area contributed by atoms with Crippen LogP contribution in [0.1, 0.15) is 25.3 Å². The van der Waals surface area contributed by atoms with Gasteiger partial charge in [-0.3, -0.25) is 0 Å². The molecule has 4 rings (SSSR count). The second-order valence-electron chi connectivity index (χ2n) is 7.19. The van der Waals surface area contributed by atoms with Crippen molar-refractivity contribution in [2.45, 2.75) is 26.7 Å². The van der Waals surface area contributed by atoms with Gasteiger partial charge in [0.1, 0.15) is 0 Å². The zero-order valence-electron chi connectivity index (χ0n) is 15.5. The van der Waals surface area contributed by atoms with Gasteiger partial charge in [-0.15, -0.1) is 0 Å². The summed E-state index contributed by atoms with van der Waals surface area (Å²) in [6.45, 7) is 4.40. The molecule has 0 bridgehead atoms. The molecular formula is C25H25N. The van der Waals surface area contributed by atoms with E-state index in [1.165, 1.54) is 33.1 Å². The van der Waals surface area contributed by atoms with E-state index in [1.807, 2.05) is 0 Å².